The fourth-order valence-electron chi connectivity index (χ4n) is 3.29. The van der Waals surface area contributed by atoms with Crippen molar-refractivity contribution >= 4 is 29.0 Å². The van der Waals surface area contributed by atoms with Gasteiger partial charge in [0.15, 0.2) is 0 Å². The van der Waals surface area contributed by atoms with Crippen molar-refractivity contribution in [2.75, 3.05) is 41.7 Å². The van der Waals surface area contributed by atoms with E-state index in [1.165, 1.54) is 12.1 Å². The zero-order valence-electron chi connectivity index (χ0n) is 15.5. The highest BCUT2D eigenvalue weighted by Crippen LogP contribution is 2.30. The first-order valence-electron chi connectivity index (χ1n) is 9.56. The summed E-state index contributed by atoms with van der Waals surface area (Å²) in [6.45, 7) is 2.55. The fourth-order valence-corrected chi connectivity index (χ4v) is 3.29. The molecule has 0 unspecified atom stereocenters. The second-order valence-electron chi connectivity index (χ2n) is 7.22. The molecule has 28 heavy (non-hydrogen) atoms. The standard InChI is InChI=1S/C21H23FN4O2/c22-16-6-8-19(9-7-16)25-10-12-26(13-11-25)21(28)24-18-3-1-2-17(14-18)23-20(27)15-4-5-15/h1-3,6-9,14-15H,4-5,10-13H2,(H,23,27)(H,24,28). The molecule has 2 aliphatic rings. The maximum absolute atomic E-state index is 13.1. The van der Waals surface area contributed by atoms with Gasteiger partial charge in [-0.1, -0.05) is 6.07 Å². The molecule has 1 saturated heterocycles. The Morgan fingerprint density at radius 2 is 1.54 bits per heavy atom. The Morgan fingerprint density at radius 3 is 2.18 bits per heavy atom. The molecule has 1 saturated carbocycles. The molecule has 0 atom stereocenters. The number of urea groups is 1. The van der Waals surface area contributed by atoms with Crippen LogP contribution in [0.3, 0.4) is 0 Å². The largest absolute Gasteiger partial charge is 0.368 e. The van der Waals surface area contributed by atoms with Gasteiger partial charge in [0.2, 0.25) is 5.91 Å². The molecule has 2 fully saturated rings. The quantitative estimate of drug-likeness (QED) is 0.850. The van der Waals surface area contributed by atoms with Crippen LogP contribution < -0.4 is 15.5 Å². The van der Waals surface area contributed by atoms with Gasteiger partial charge in [0.1, 0.15) is 5.82 Å². The SMILES string of the molecule is O=C(Nc1cccc(NC(=O)N2CCN(c3ccc(F)cc3)CC2)c1)C1CC1. The smallest absolute Gasteiger partial charge is 0.321 e. The summed E-state index contributed by atoms with van der Waals surface area (Å²) >= 11 is 0. The maximum atomic E-state index is 13.1. The summed E-state index contributed by atoms with van der Waals surface area (Å²) in [6.07, 6.45) is 1.90. The van der Waals surface area contributed by atoms with Crippen molar-refractivity contribution in [1.82, 2.24) is 4.90 Å². The molecule has 0 aromatic heterocycles. The molecule has 6 nitrogen and oxygen atoms in total. The number of rotatable bonds is 4. The molecule has 1 aliphatic heterocycles. The highest BCUT2D eigenvalue weighted by molar-refractivity contribution is 5.95. The molecule has 2 aromatic rings. The van der Waals surface area contributed by atoms with Crippen LogP contribution in [0.15, 0.2) is 48.5 Å². The Kier molecular flexibility index (Phi) is 5.14. The number of piperazine rings is 1. The number of nitrogens with zero attached hydrogens (tertiary/aromatic N) is 2. The minimum absolute atomic E-state index is 0.0420. The zero-order chi connectivity index (χ0) is 19.5. The first-order valence-corrected chi connectivity index (χ1v) is 9.56. The van der Waals surface area contributed by atoms with Crippen molar-refractivity contribution in [3.05, 3.63) is 54.3 Å². The number of anilines is 3. The lowest BCUT2D eigenvalue weighted by Crippen LogP contribution is -2.50. The van der Waals surface area contributed by atoms with Crippen molar-refractivity contribution in [3.63, 3.8) is 0 Å². The monoisotopic (exact) mass is 382 g/mol. The van der Waals surface area contributed by atoms with Crippen molar-refractivity contribution in [2.45, 2.75) is 12.8 Å². The van der Waals surface area contributed by atoms with Crippen LogP contribution >= 0.6 is 0 Å². The maximum Gasteiger partial charge on any atom is 0.321 e. The van der Waals surface area contributed by atoms with Crippen LogP contribution in [0.2, 0.25) is 0 Å². The number of benzene rings is 2. The second-order valence-corrected chi connectivity index (χ2v) is 7.22. The van der Waals surface area contributed by atoms with Crippen LogP contribution in [0, 0.1) is 11.7 Å². The third-order valence-electron chi connectivity index (χ3n) is 5.09. The van der Waals surface area contributed by atoms with E-state index < -0.39 is 0 Å². The molecule has 3 amide bonds. The van der Waals surface area contributed by atoms with Crippen LogP contribution in [0.4, 0.5) is 26.2 Å². The molecule has 2 aromatic carbocycles. The summed E-state index contributed by atoms with van der Waals surface area (Å²) in [5.41, 5.74) is 2.30. The van der Waals surface area contributed by atoms with E-state index in [0.717, 1.165) is 18.5 Å². The molecule has 4 rings (SSSR count). The van der Waals surface area contributed by atoms with E-state index in [0.29, 0.717) is 37.6 Å². The Balaban J connectivity index is 1.30. The average molecular weight is 382 g/mol. The van der Waals surface area contributed by atoms with Gasteiger partial charge in [-0.25, -0.2) is 9.18 Å². The molecule has 0 radical (unpaired) electrons. The molecule has 1 heterocycles. The summed E-state index contributed by atoms with van der Waals surface area (Å²) in [5.74, 6) is -0.0756. The van der Waals surface area contributed by atoms with Crippen LogP contribution in [0.5, 0.6) is 0 Å². The van der Waals surface area contributed by atoms with E-state index in [4.69, 9.17) is 0 Å². The molecule has 1 aliphatic carbocycles. The van der Waals surface area contributed by atoms with Gasteiger partial charge in [0.25, 0.3) is 0 Å². The van der Waals surface area contributed by atoms with Crippen LogP contribution in [-0.4, -0.2) is 43.0 Å². The van der Waals surface area contributed by atoms with E-state index in [1.54, 1.807) is 29.2 Å². The van der Waals surface area contributed by atoms with Gasteiger partial charge in [0.05, 0.1) is 0 Å². The highest BCUT2D eigenvalue weighted by Gasteiger charge is 2.29. The van der Waals surface area contributed by atoms with Gasteiger partial charge >= 0.3 is 6.03 Å². The minimum Gasteiger partial charge on any atom is -0.368 e. The van der Waals surface area contributed by atoms with Crippen LogP contribution in [0.25, 0.3) is 0 Å². The predicted molar refractivity (Wildman–Crippen MR) is 107 cm³/mol. The lowest BCUT2D eigenvalue weighted by molar-refractivity contribution is -0.117. The minimum atomic E-state index is -0.252. The van der Waals surface area contributed by atoms with Crippen LogP contribution in [-0.2, 0) is 4.79 Å². The Bertz CT molecular complexity index is 859. The van der Waals surface area contributed by atoms with Crippen molar-refractivity contribution < 1.29 is 14.0 Å². The average Bonchev–Trinajstić information content (AvgIpc) is 3.54. The summed E-state index contributed by atoms with van der Waals surface area (Å²) in [5, 5.41) is 5.79. The first kappa shape index (κ1) is 18.3. The number of carbonyl (C=O) groups is 2. The van der Waals surface area contributed by atoms with E-state index in [1.807, 2.05) is 12.1 Å². The molecule has 7 heteroatoms. The topological polar surface area (TPSA) is 64.7 Å². The molecule has 146 valence electrons. The zero-order valence-corrected chi connectivity index (χ0v) is 15.5. The number of nitrogens with one attached hydrogen (secondary N) is 2. The van der Waals surface area contributed by atoms with E-state index in [2.05, 4.69) is 15.5 Å². The fraction of sp³-hybridized carbons (Fsp3) is 0.333. The van der Waals surface area contributed by atoms with Gasteiger partial charge in [0, 0.05) is 49.2 Å². The lowest BCUT2D eigenvalue weighted by atomic mass is 10.2. The van der Waals surface area contributed by atoms with Crippen molar-refractivity contribution in [1.29, 1.82) is 0 Å². The van der Waals surface area contributed by atoms with Gasteiger partial charge in [-0.05, 0) is 55.3 Å². The highest BCUT2D eigenvalue weighted by atomic mass is 19.1. The molecular formula is C21H23FN4O2. The Morgan fingerprint density at radius 1 is 0.893 bits per heavy atom. The third kappa shape index (κ3) is 4.42. The van der Waals surface area contributed by atoms with Crippen molar-refractivity contribution in [3.8, 4) is 0 Å². The second kappa shape index (κ2) is 7.88. The number of hydrogen-bond donors (Lipinski definition) is 2. The van der Waals surface area contributed by atoms with Crippen molar-refractivity contribution in [2.24, 2.45) is 5.92 Å². The Hall–Kier alpha value is -3.09. The van der Waals surface area contributed by atoms with Gasteiger partial charge in [-0.2, -0.15) is 0 Å². The van der Waals surface area contributed by atoms with Crippen LogP contribution in [0.1, 0.15) is 12.8 Å². The number of carbonyl (C=O) groups excluding carboxylic acids is 2. The molecule has 0 bridgehead atoms. The van der Waals surface area contributed by atoms with Gasteiger partial charge < -0.3 is 20.4 Å². The summed E-state index contributed by atoms with van der Waals surface area (Å²) in [6, 6.07) is 13.4. The Labute approximate surface area is 163 Å². The number of hydrogen-bond acceptors (Lipinski definition) is 3. The van der Waals surface area contributed by atoms with E-state index in [-0.39, 0.29) is 23.7 Å². The van der Waals surface area contributed by atoms with E-state index in [9.17, 15) is 14.0 Å². The van der Waals surface area contributed by atoms with Gasteiger partial charge in [-0.15, -0.1) is 0 Å². The number of amides is 3. The third-order valence-corrected chi connectivity index (χ3v) is 5.09. The summed E-state index contributed by atoms with van der Waals surface area (Å²) < 4.78 is 13.1. The summed E-state index contributed by atoms with van der Waals surface area (Å²) in [7, 11) is 0. The lowest BCUT2D eigenvalue weighted by Gasteiger charge is -2.36. The molecule has 2 N–H and O–H groups in total. The normalized spacial score (nSPS) is 16.6. The molecular weight excluding hydrogens is 359 g/mol. The van der Waals surface area contributed by atoms with E-state index >= 15 is 0 Å². The molecule has 0 spiro atoms. The number of halogens is 1. The summed E-state index contributed by atoms with van der Waals surface area (Å²) in [4.78, 5) is 28.4. The van der Waals surface area contributed by atoms with Gasteiger partial charge in [-0.3, -0.25) is 4.79 Å². The predicted octanol–water partition coefficient (Wildman–Crippen LogP) is 3.53. The first-order chi connectivity index (χ1) is 13.6.